The highest BCUT2D eigenvalue weighted by Gasteiger charge is 2.43. The Labute approximate surface area is 109 Å². The van der Waals surface area contributed by atoms with Crippen molar-refractivity contribution in [2.75, 3.05) is 19.8 Å². The predicted octanol–water partition coefficient (Wildman–Crippen LogP) is 0.351. The first-order chi connectivity index (χ1) is 8.45. The van der Waals surface area contributed by atoms with Crippen molar-refractivity contribution in [3.8, 4) is 0 Å². The molecule has 3 N–H and O–H groups in total. The van der Waals surface area contributed by atoms with Crippen molar-refractivity contribution in [1.29, 1.82) is 0 Å². The zero-order valence-corrected chi connectivity index (χ0v) is 11.8. The van der Waals surface area contributed by atoms with Gasteiger partial charge in [-0.25, -0.2) is 0 Å². The molecule has 0 saturated carbocycles. The summed E-state index contributed by atoms with van der Waals surface area (Å²) < 4.78 is 11.2. The number of aliphatic hydroxyl groups excluding tert-OH is 2. The average molecular weight is 261 g/mol. The van der Waals surface area contributed by atoms with E-state index in [0.717, 1.165) is 6.54 Å². The Bertz CT molecular complexity index is 235. The van der Waals surface area contributed by atoms with Crippen LogP contribution in [0.5, 0.6) is 0 Å². The molecule has 1 rings (SSSR count). The highest BCUT2D eigenvalue weighted by atomic mass is 16.7. The summed E-state index contributed by atoms with van der Waals surface area (Å²) in [6.45, 7) is 9.49. The van der Waals surface area contributed by atoms with E-state index in [0.29, 0.717) is 18.4 Å². The molecular formula is C13H27NO4. The molecule has 0 bridgehead atoms. The van der Waals surface area contributed by atoms with Gasteiger partial charge in [-0.3, -0.25) is 0 Å². The fourth-order valence-corrected chi connectivity index (χ4v) is 1.90. The summed E-state index contributed by atoms with van der Waals surface area (Å²) in [5, 5.41) is 22.5. The standard InChI is InChI=1S/C13H27NO4/c1-8(2)5-14-11-12(16)10(6-15)18-13(11)17-7-9(3)4/h8-16H,5-7H2,1-4H3/t10-,11+,12-,13-/m1/s1. The lowest BCUT2D eigenvalue weighted by Crippen LogP contribution is -2.47. The minimum absolute atomic E-state index is 0.192. The van der Waals surface area contributed by atoms with Crippen LogP contribution in [0.3, 0.4) is 0 Å². The first-order valence-corrected chi connectivity index (χ1v) is 6.75. The lowest BCUT2D eigenvalue weighted by atomic mass is 10.1. The van der Waals surface area contributed by atoms with Gasteiger partial charge in [0, 0.05) is 0 Å². The fourth-order valence-electron chi connectivity index (χ4n) is 1.90. The third-order valence-corrected chi connectivity index (χ3v) is 2.89. The number of hydrogen-bond acceptors (Lipinski definition) is 5. The van der Waals surface area contributed by atoms with E-state index in [4.69, 9.17) is 14.6 Å². The second-order valence-electron chi connectivity index (χ2n) is 5.77. The van der Waals surface area contributed by atoms with Gasteiger partial charge < -0.3 is 25.0 Å². The maximum Gasteiger partial charge on any atom is 0.175 e. The van der Waals surface area contributed by atoms with Gasteiger partial charge >= 0.3 is 0 Å². The van der Waals surface area contributed by atoms with Crippen LogP contribution in [0.4, 0.5) is 0 Å². The first-order valence-electron chi connectivity index (χ1n) is 6.75. The van der Waals surface area contributed by atoms with E-state index in [-0.39, 0.29) is 12.6 Å². The molecule has 0 aromatic carbocycles. The summed E-state index contributed by atoms with van der Waals surface area (Å²) in [5.41, 5.74) is 0. The summed E-state index contributed by atoms with van der Waals surface area (Å²) >= 11 is 0. The summed E-state index contributed by atoms with van der Waals surface area (Å²) in [4.78, 5) is 0. The van der Waals surface area contributed by atoms with E-state index in [1.165, 1.54) is 0 Å². The Morgan fingerprint density at radius 3 is 2.39 bits per heavy atom. The molecular weight excluding hydrogens is 234 g/mol. The lowest BCUT2D eigenvalue weighted by Gasteiger charge is -2.23. The minimum atomic E-state index is -0.731. The van der Waals surface area contributed by atoms with Crippen molar-refractivity contribution in [3.05, 3.63) is 0 Å². The SMILES string of the molecule is CC(C)CN[C@@H]1[C@H](OCC(C)C)O[C@H](CO)[C@H]1O. The van der Waals surface area contributed by atoms with Crippen molar-refractivity contribution >= 4 is 0 Å². The first kappa shape index (κ1) is 15.9. The second kappa shape index (κ2) is 7.40. The Morgan fingerprint density at radius 2 is 1.89 bits per heavy atom. The Hall–Kier alpha value is -0.200. The van der Waals surface area contributed by atoms with Crippen molar-refractivity contribution in [2.24, 2.45) is 11.8 Å². The topological polar surface area (TPSA) is 71.0 Å². The molecule has 1 aliphatic heterocycles. The minimum Gasteiger partial charge on any atom is -0.394 e. The van der Waals surface area contributed by atoms with Gasteiger partial charge in [0.05, 0.1) is 19.3 Å². The largest absolute Gasteiger partial charge is 0.394 e. The van der Waals surface area contributed by atoms with Gasteiger partial charge in [0.1, 0.15) is 12.2 Å². The molecule has 0 unspecified atom stereocenters. The molecule has 0 aromatic heterocycles. The highest BCUT2D eigenvalue weighted by Crippen LogP contribution is 2.22. The maximum atomic E-state index is 10.1. The van der Waals surface area contributed by atoms with Crippen LogP contribution < -0.4 is 5.32 Å². The lowest BCUT2D eigenvalue weighted by molar-refractivity contribution is -0.154. The third-order valence-electron chi connectivity index (χ3n) is 2.89. The van der Waals surface area contributed by atoms with Crippen LogP contribution >= 0.6 is 0 Å². The molecule has 0 aromatic rings. The molecule has 5 nitrogen and oxygen atoms in total. The number of nitrogens with one attached hydrogen (secondary N) is 1. The molecule has 18 heavy (non-hydrogen) atoms. The molecule has 1 heterocycles. The Balaban J connectivity index is 2.54. The van der Waals surface area contributed by atoms with Gasteiger partial charge in [0.25, 0.3) is 0 Å². The van der Waals surface area contributed by atoms with Crippen molar-refractivity contribution in [3.63, 3.8) is 0 Å². The number of ether oxygens (including phenoxy) is 2. The van der Waals surface area contributed by atoms with E-state index in [1.54, 1.807) is 0 Å². The van der Waals surface area contributed by atoms with E-state index in [9.17, 15) is 5.11 Å². The molecule has 108 valence electrons. The highest BCUT2D eigenvalue weighted by molar-refractivity contribution is 4.92. The van der Waals surface area contributed by atoms with E-state index in [2.05, 4.69) is 33.0 Å². The number of rotatable bonds is 7. The summed E-state index contributed by atoms with van der Waals surface area (Å²) in [5.74, 6) is 0.890. The molecule has 5 heteroatoms. The molecule has 0 aliphatic carbocycles. The Morgan fingerprint density at radius 1 is 1.22 bits per heavy atom. The van der Waals surface area contributed by atoms with Crippen LogP contribution in [0, 0.1) is 11.8 Å². The zero-order chi connectivity index (χ0) is 13.7. The van der Waals surface area contributed by atoms with Gasteiger partial charge in [-0.05, 0) is 18.4 Å². The fraction of sp³-hybridized carbons (Fsp3) is 1.00. The van der Waals surface area contributed by atoms with E-state index >= 15 is 0 Å². The van der Waals surface area contributed by atoms with Crippen LogP contribution in [-0.2, 0) is 9.47 Å². The molecule has 4 atom stereocenters. The predicted molar refractivity (Wildman–Crippen MR) is 69.2 cm³/mol. The van der Waals surface area contributed by atoms with E-state index < -0.39 is 18.5 Å². The van der Waals surface area contributed by atoms with Crippen molar-refractivity contribution in [2.45, 2.75) is 52.2 Å². The van der Waals surface area contributed by atoms with Gasteiger partial charge in [0.2, 0.25) is 0 Å². The van der Waals surface area contributed by atoms with Gasteiger partial charge in [0.15, 0.2) is 6.29 Å². The maximum absolute atomic E-state index is 10.1. The number of hydrogen-bond donors (Lipinski definition) is 3. The smallest absolute Gasteiger partial charge is 0.175 e. The van der Waals surface area contributed by atoms with Gasteiger partial charge in [-0.15, -0.1) is 0 Å². The molecule has 0 spiro atoms. The average Bonchev–Trinajstić information content (AvgIpc) is 2.60. The molecule has 0 amide bonds. The van der Waals surface area contributed by atoms with Crippen LogP contribution in [0.25, 0.3) is 0 Å². The normalized spacial score (nSPS) is 32.7. The number of aliphatic hydroxyl groups is 2. The molecule has 1 saturated heterocycles. The van der Waals surface area contributed by atoms with Gasteiger partial charge in [-0.1, -0.05) is 27.7 Å². The van der Waals surface area contributed by atoms with Crippen LogP contribution in [-0.4, -0.2) is 54.5 Å². The second-order valence-corrected chi connectivity index (χ2v) is 5.77. The van der Waals surface area contributed by atoms with Crippen LogP contribution in [0.2, 0.25) is 0 Å². The summed E-state index contributed by atoms with van der Waals surface area (Å²) in [6, 6.07) is -0.275. The zero-order valence-electron chi connectivity index (χ0n) is 11.8. The molecule has 1 fully saturated rings. The third kappa shape index (κ3) is 4.48. The van der Waals surface area contributed by atoms with Crippen molar-refractivity contribution in [1.82, 2.24) is 5.32 Å². The van der Waals surface area contributed by atoms with Crippen molar-refractivity contribution < 1.29 is 19.7 Å². The Kier molecular flexibility index (Phi) is 6.52. The van der Waals surface area contributed by atoms with Crippen LogP contribution in [0.15, 0.2) is 0 Å². The summed E-state index contributed by atoms with van der Waals surface area (Å²) in [7, 11) is 0. The molecule has 1 aliphatic rings. The monoisotopic (exact) mass is 261 g/mol. The van der Waals surface area contributed by atoms with Crippen LogP contribution in [0.1, 0.15) is 27.7 Å². The summed E-state index contributed by atoms with van der Waals surface area (Å²) in [6.07, 6.45) is -1.78. The molecule has 0 radical (unpaired) electrons. The van der Waals surface area contributed by atoms with E-state index in [1.807, 2.05) is 0 Å². The van der Waals surface area contributed by atoms with Gasteiger partial charge in [-0.2, -0.15) is 0 Å². The quantitative estimate of drug-likeness (QED) is 0.617.